The van der Waals surface area contributed by atoms with Crippen molar-refractivity contribution in [3.63, 3.8) is 0 Å². The van der Waals surface area contributed by atoms with E-state index in [9.17, 15) is 8.42 Å². The highest BCUT2D eigenvalue weighted by Gasteiger charge is 2.16. The van der Waals surface area contributed by atoms with Crippen LogP contribution in [0.3, 0.4) is 0 Å². The van der Waals surface area contributed by atoms with Crippen molar-refractivity contribution in [2.75, 3.05) is 0 Å². The second-order valence-electron chi connectivity index (χ2n) is 5.70. The summed E-state index contributed by atoms with van der Waals surface area (Å²) >= 11 is 0. The van der Waals surface area contributed by atoms with Crippen molar-refractivity contribution in [3.8, 4) is 11.4 Å². The van der Waals surface area contributed by atoms with Crippen LogP contribution in [0.2, 0.25) is 0 Å². The minimum Gasteiger partial charge on any atom is -0.338 e. The predicted molar refractivity (Wildman–Crippen MR) is 94.3 cm³/mol. The first-order chi connectivity index (χ1) is 12.0. The van der Waals surface area contributed by atoms with Crippen LogP contribution < -0.4 is 4.72 Å². The van der Waals surface area contributed by atoms with Crippen LogP contribution in [0.1, 0.15) is 23.9 Å². The molecular formula is C18H19N3O3S. The molecule has 0 atom stereocenters. The number of hydrogen-bond donors (Lipinski definition) is 1. The normalized spacial score (nSPS) is 11.6. The number of aryl methyl sites for hydroxylation is 2. The van der Waals surface area contributed by atoms with E-state index in [-0.39, 0.29) is 17.3 Å². The number of benzene rings is 2. The highest BCUT2D eigenvalue weighted by Crippen LogP contribution is 2.17. The zero-order valence-electron chi connectivity index (χ0n) is 14.1. The summed E-state index contributed by atoms with van der Waals surface area (Å²) in [5.41, 5.74) is 3.03. The fourth-order valence-electron chi connectivity index (χ4n) is 2.29. The van der Waals surface area contributed by atoms with Crippen LogP contribution in [0.5, 0.6) is 0 Å². The molecule has 0 fully saturated rings. The third kappa shape index (κ3) is 4.12. The summed E-state index contributed by atoms with van der Waals surface area (Å²) in [6.45, 7) is 3.95. The summed E-state index contributed by atoms with van der Waals surface area (Å²) in [5, 5.41) is 3.89. The van der Waals surface area contributed by atoms with E-state index in [2.05, 4.69) is 14.9 Å². The van der Waals surface area contributed by atoms with Gasteiger partial charge in [0.1, 0.15) is 0 Å². The van der Waals surface area contributed by atoms with Gasteiger partial charge in [-0.15, -0.1) is 0 Å². The van der Waals surface area contributed by atoms with Crippen LogP contribution >= 0.6 is 0 Å². The third-order valence-corrected chi connectivity index (χ3v) is 5.25. The Morgan fingerprint density at radius 1 is 1.04 bits per heavy atom. The van der Waals surface area contributed by atoms with Crippen LogP contribution in [0, 0.1) is 6.92 Å². The zero-order valence-corrected chi connectivity index (χ0v) is 14.9. The van der Waals surface area contributed by atoms with Gasteiger partial charge in [0.2, 0.25) is 21.7 Å². The third-order valence-electron chi connectivity index (χ3n) is 3.83. The van der Waals surface area contributed by atoms with Gasteiger partial charge in [0.25, 0.3) is 0 Å². The van der Waals surface area contributed by atoms with E-state index in [4.69, 9.17) is 4.52 Å². The highest BCUT2D eigenvalue weighted by molar-refractivity contribution is 7.89. The van der Waals surface area contributed by atoms with Gasteiger partial charge in [-0.1, -0.05) is 54.0 Å². The maximum absolute atomic E-state index is 12.3. The Morgan fingerprint density at radius 3 is 2.36 bits per heavy atom. The molecule has 1 N–H and O–H groups in total. The molecule has 0 unspecified atom stereocenters. The van der Waals surface area contributed by atoms with Crippen molar-refractivity contribution < 1.29 is 12.9 Å². The predicted octanol–water partition coefficient (Wildman–Crippen LogP) is 3.09. The van der Waals surface area contributed by atoms with E-state index < -0.39 is 10.0 Å². The quantitative estimate of drug-likeness (QED) is 0.733. The Bertz CT molecular complexity index is 946. The summed E-state index contributed by atoms with van der Waals surface area (Å²) in [6, 6.07) is 14.5. The Hall–Kier alpha value is -2.51. The van der Waals surface area contributed by atoms with Crippen molar-refractivity contribution in [2.24, 2.45) is 0 Å². The summed E-state index contributed by atoms with van der Waals surface area (Å²) in [7, 11) is -3.62. The molecule has 0 bridgehead atoms. The fraction of sp³-hybridized carbons (Fsp3) is 0.222. The smallest absolute Gasteiger partial charge is 0.242 e. The minimum atomic E-state index is -3.62. The summed E-state index contributed by atoms with van der Waals surface area (Å²) in [6.07, 6.45) is 0.859. The van der Waals surface area contributed by atoms with Crippen LogP contribution in [-0.2, 0) is 23.0 Å². The maximum atomic E-state index is 12.3. The van der Waals surface area contributed by atoms with Gasteiger partial charge >= 0.3 is 0 Å². The van der Waals surface area contributed by atoms with E-state index in [1.807, 2.05) is 38.1 Å². The Morgan fingerprint density at radius 2 is 1.72 bits per heavy atom. The van der Waals surface area contributed by atoms with Gasteiger partial charge < -0.3 is 4.52 Å². The number of nitrogens with zero attached hydrogens (tertiary/aromatic N) is 2. The van der Waals surface area contributed by atoms with Crippen molar-refractivity contribution in [1.29, 1.82) is 0 Å². The van der Waals surface area contributed by atoms with Gasteiger partial charge in [-0.25, -0.2) is 13.1 Å². The van der Waals surface area contributed by atoms with Crippen LogP contribution in [0.4, 0.5) is 0 Å². The Labute approximate surface area is 147 Å². The number of hydrogen-bond acceptors (Lipinski definition) is 5. The molecule has 0 amide bonds. The first-order valence-electron chi connectivity index (χ1n) is 7.96. The largest absolute Gasteiger partial charge is 0.338 e. The summed E-state index contributed by atoms with van der Waals surface area (Å²) in [4.78, 5) is 4.44. The molecule has 1 heterocycles. The molecule has 7 heteroatoms. The lowest BCUT2D eigenvalue weighted by Crippen LogP contribution is -2.23. The maximum Gasteiger partial charge on any atom is 0.242 e. The van der Waals surface area contributed by atoms with Crippen molar-refractivity contribution in [2.45, 2.75) is 31.7 Å². The first-order valence-corrected chi connectivity index (χ1v) is 9.44. The van der Waals surface area contributed by atoms with Crippen LogP contribution in [0.15, 0.2) is 57.9 Å². The second kappa shape index (κ2) is 7.16. The van der Waals surface area contributed by atoms with Gasteiger partial charge in [0.15, 0.2) is 0 Å². The lowest BCUT2D eigenvalue weighted by Gasteiger charge is -2.05. The molecule has 0 radical (unpaired) electrons. The van der Waals surface area contributed by atoms with Crippen LogP contribution in [0.25, 0.3) is 11.4 Å². The Kier molecular flexibility index (Phi) is 4.96. The molecule has 3 rings (SSSR count). The van der Waals surface area contributed by atoms with E-state index in [0.717, 1.165) is 23.1 Å². The number of rotatable bonds is 6. The van der Waals surface area contributed by atoms with Gasteiger partial charge in [-0.3, -0.25) is 0 Å². The molecule has 0 saturated heterocycles. The van der Waals surface area contributed by atoms with E-state index in [1.54, 1.807) is 24.3 Å². The summed E-state index contributed by atoms with van der Waals surface area (Å²) in [5.74, 6) is 0.644. The molecule has 6 nitrogen and oxygen atoms in total. The van der Waals surface area contributed by atoms with E-state index in [0.29, 0.717) is 5.82 Å². The van der Waals surface area contributed by atoms with Gasteiger partial charge in [0, 0.05) is 5.56 Å². The molecule has 0 spiro atoms. The molecule has 0 saturated carbocycles. The standard InChI is InChI=1S/C18H19N3O3S/c1-3-14-6-10-16(11-7-14)25(22,23)19-12-17-20-18(21-24-17)15-8-4-13(2)5-9-15/h4-11,19H,3,12H2,1-2H3. The van der Waals surface area contributed by atoms with Crippen molar-refractivity contribution in [3.05, 3.63) is 65.5 Å². The SMILES string of the molecule is CCc1ccc(S(=O)(=O)NCc2nc(-c3ccc(C)cc3)no2)cc1. The molecule has 3 aromatic rings. The van der Waals surface area contributed by atoms with Gasteiger partial charge in [-0.05, 0) is 31.0 Å². The molecule has 2 aromatic carbocycles. The molecule has 1 aromatic heterocycles. The summed E-state index contributed by atoms with van der Waals surface area (Å²) < 4.78 is 32.2. The Balaban J connectivity index is 1.69. The first kappa shape index (κ1) is 17.3. The number of aromatic nitrogens is 2. The molecule has 0 aliphatic rings. The molecule has 25 heavy (non-hydrogen) atoms. The molecule has 0 aliphatic heterocycles. The molecule has 130 valence electrons. The topological polar surface area (TPSA) is 85.1 Å². The van der Waals surface area contributed by atoms with Crippen molar-refractivity contribution in [1.82, 2.24) is 14.9 Å². The zero-order chi connectivity index (χ0) is 17.9. The van der Waals surface area contributed by atoms with E-state index in [1.165, 1.54) is 0 Å². The molecule has 0 aliphatic carbocycles. The molecular weight excluding hydrogens is 338 g/mol. The lowest BCUT2D eigenvalue weighted by atomic mass is 10.1. The minimum absolute atomic E-state index is 0.0588. The second-order valence-corrected chi connectivity index (χ2v) is 7.47. The van der Waals surface area contributed by atoms with Crippen LogP contribution in [-0.4, -0.2) is 18.6 Å². The average Bonchev–Trinajstić information content (AvgIpc) is 3.10. The van der Waals surface area contributed by atoms with Gasteiger partial charge in [0.05, 0.1) is 11.4 Å². The fourth-order valence-corrected chi connectivity index (χ4v) is 3.27. The highest BCUT2D eigenvalue weighted by atomic mass is 32.2. The van der Waals surface area contributed by atoms with Gasteiger partial charge in [-0.2, -0.15) is 4.98 Å². The number of nitrogens with one attached hydrogen (secondary N) is 1. The monoisotopic (exact) mass is 357 g/mol. The van der Waals surface area contributed by atoms with E-state index >= 15 is 0 Å². The number of sulfonamides is 1. The lowest BCUT2D eigenvalue weighted by molar-refractivity contribution is 0.376. The average molecular weight is 357 g/mol. The van der Waals surface area contributed by atoms with Crippen molar-refractivity contribution >= 4 is 10.0 Å².